The monoisotopic (exact) mass is 366 g/mol. The Morgan fingerprint density at radius 3 is 2.81 bits per heavy atom. The SMILES string of the molecule is Cc1cccc(NC(=O)N2CCC3(CC2)C[C@H](Nc2ccccn2)CO3)c1. The predicted octanol–water partition coefficient (Wildman–Crippen LogP) is 3.66. The Bertz CT molecular complexity index is 788. The second-order valence-electron chi connectivity index (χ2n) is 7.54. The molecule has 2 aromatic rings. The standard InChI is InChI=1S/C21H26N4O2/c1-16-5-4-6-17(13-16)24-20(26)25-11-8-21(9-12-25)14-18(15-27-21)23-19-7-2-3-10-22-19/h2-7,10,13,18H,8-9,11-12,14-15H2,1H3,(H,22,23)(H,24,26)/t18-/m0/s1. The maximum absolute atomic E-state index is 12.5. The molecule has 1 spiro atoms. The summed E-state index contributed by atoms with van der Waals surface area (Å²) < 4.78 is 6.18. The van der Waals surface area contributed by atoms with E-state index in [4.69, 9.17) is 4.74 Å². The largest absolute Gasteiger partial charge is 0.373 e. The fraction of sp³-hybridized carbons (Fsp3) is 0.429. The zero-order valence-electron chi connectivity index (χ0n) is 15.6. The van der Waals surface area contributed by atoms with Gasteiger partial charge in [0.1, 0.15) is 5.82 Å². The fourth-order valence-corrected chi connectivity index (χ4v) is 3.99. The molecule has 0 unspecified atom stereocenters. The topological polar surface area (TPSA) is 66.5 Å². The minimum absolute atomic E-state index is 0.0309. The summed E-state index contributed by atoms with van der Waals surface area (Å²) in [6.07, 6.45) is 4.49. The van der Waals surface area contributed by atoms with Crippen molar-refractivity contribution in [3.8, 4) is 0 Å². The van der Waals surface area contributed by atoms with Crippen molar-refractivity contribution in [3.05, 3.63) is 54.2 Å². The van der Waals surface area contributed by atoms with Gasteiger partial charge in [-0.15, -0.1) is 0 Å². The summed E-state index contributed by atoms with van der Waals surface area (Å²) in [4.78, 5) is 18.8. The number of urea groups is 1. The molecule has 2 saturated heterocycles. The molecule has 1 atom stereocenters. The number of carbonyl (C=O) groups is 1. The number of benzene rings is 1. The van der Waals surface area contributed by atoms with E-state index in [0.717, 1.165) is 36.3 Å². The normalized spacial score (nSPS) is 21.2. The van der Waals surface area contributed by atoms with E-state index in [-0.39, 0.29) is 17.7 Å². The quantitative estimate of drug-likeness (QED) is 0.870. The first kappa shape index (κ1) is 17.8. The van der Waals surface area contributed by atoms with Crippen molar-refractivity contribution in [2.45, 2.75) is 37.8 Å². The zero-order valence-corrected chi connectivity index (χ0v) is 15.6. The van der Waals surface area contributed by atoms with Gasteiger partial charge in [0.2, 0.25) is 0 Å². The zero-order chi connectivity index (χ0) is 18.7. The van der Waals surface area contributed by atoms with Crippen molar-refractivity contribution < 1.29 is 9.53 Å². The van der Waals surface area contributed by atoms with E-state index in [1.807, 2.05) is 54.3 Å². The van der Waals surface area contributed by atoms with Gasteiger partial charge in [0.05, 0.1) is 18.2 Å². The highest BCUT2D eigenvalue weighted by Gasteiger charge is 2.43. The third-order valence-corrected chi connectivity index (χ3v) is 5.46. The van der Waals surface area contributed by atoms with Crippen LogP contribution in [-0.2, 0) is 4.74 Å². The number of pyridine rings is 1. The van der Waals surface area contributed by atoms with Gasteiger partial charge in [0, 0.05) is 25.0 Å². The third-order valence-electron chi connectivity index (χ3n) is 5.46. The van der Waals surface area contributed by atoms with Crippen LogP contribution in [-0.4, -0.2) is 47.3 Å². The van der Waals surface area contributed by atoms with E-state index in [9.17, 15) is 4.79 Å². The molecular weight excluding hydrogens is 340 g/mol. The Morgan fingerprint density at radius 1 is 1.22 bits per heavy atom. The van der Waals surface area contributed by atoms with Crippen molar-refractivity contribution in [3.63, 3.8) is 0 Å². The summed E-state index contributed by atoms with van der Waals surface area (Å²) in [7, 11) is 0. The molecule has 0 aliphatic carbocycles. The Labute approximate surface area is 159 Å². The predicted molar refractivity (Wildman–Crippen MR) is 106 cm³/mol. The molecule has 0 radical (unpaired) electrons. The number of amides is 2. The lowest BCUT2D eigenvalue weighted by molar-refractivity contribution is -0.0354. The van der Waals surface area contributed by atoms with Crippen LogP contribution in [0.5, 0.6) is 0 Å². The number of piperidine rings is 1. The number of aryl methyl sites for hydroxylation is 1. The van der Waals surface area contributed by atoms with Gasteiger partial charge in [-0.25, -0.2) is 9.78 Å². The number of aromatic nitrogens is 1. The van der Waals surface area contributed by atoms with Crippen molar-refractivity contribution in [1.82, 2.24) is 9.88 Å². The molecule has 2 N–H and O–H groups in total. The van der Waals surface area contributed by atoms with Crippen LogP contribution in [0.4, 0.5) is 16.3 Å². The van der Waals surface area contributed by atoms with Crippen LogP contribution in [0.25, 0.3) is 0 Å². The molecule has 0 bridgehead atoms. The van der Waals surface area contributed by atoms with E-state index < -0.39 is 0 Å². The van der Waals surface area contributed by atoms with Crippen LogP contribution >= 0.6 is 0 Å². The molecule has 0 saturated carbocycles. The Hall–Kier alpha value is -2.60. The molecule has 3 heterocycles. The molecule has 6 heteroatoms. The highest BCUT2D eigenvalue weighted by atomic mass is 16.5. The van der Waals surface area contributed by atoms with E-state index in [0.29, 0.717) is 19.7 Å². The summed E-state index contributed by atoms with van der Waals surface area (Å²) in [6.45, 7) is 4.14. The summed E-state index contributed by atoms with van der Waals surface area (Å²) in [5, 5.41) is 6.45. The highest BCUT2D eigenvalue weighted by Crippen LogP contribution is 2.36. The third kappa shape index (κ3) is 4.22. The van der Waals surface area contributed by atoms with Gasteiger partial charge in [-0.2, -0.15) is 0 Å². The number of likely N-dealkylation sites (tertiary alicyclic amines) is 1. The number of nitrogens with one attached hydrogen (secondary N) is 2. The number of hydrogen-bond donors (Lipinski definition) is 2. The first-order valence-corrected chi connectivity index (χ1v) is 9.56. The van der Waals surface area contributed by atoms with Gasteiger partial charge >= 0.3 is 6.03 Å². The van der Waals surface area contributed by atoms with E-state index in [1.165, 1.54) is 0 Å². The fourth-order valence-electron chi connectivity index (χ4n) is 3.99. The first-order chi connectivity index (χ1) is 13.1. The first-order valence-electron chi connectivity index (χ1n) is 9.56. The summed E-state index contributed by atoms with van der Waals surface area (Å²) in [5.41, 5.74) is 1.86. The van der Waals surface area contributed by atoms with Crippen molar-refractivity contribution >= 4 is 17.5 Å². The molecule has 4 rings (SSSR count). The van der Waals surface area contributed by atoms with Gasteiger partial charge < -0.3 is 20.3 Å². The average molecular weight is 366 g/mol. The average Bonchev–Trinajstić information content (AvgIpc) is 3.05. The lowest BCUT2D eigenvalue weighted by Gasteiger charge is -2.38. The summed E-state index contributed by atoms with van der Waals surface area (Å²) >= 11 is 0. The van der Waals surface area contributed by atoms with Gasteiger partial charge in [-0.1, -0.05) is 18.2 Å². The number of anilines is 2. The van der Waals surface area contributed by atoms with Crippen molar-refractivity contribution in [2.75, 3.05) is 30.3 Å². The molecule has 1 aromatic heterocycles. The number of ether oxygens (including phenoxy) is 1. The number of carbonyl (C=O) groups excluding carboxylic acids is 1. The molecule has 2 aliphatic rings. The maximum atomic E-state index is 12.5. The molecule has 6 nitrogen and oxygen atoms in total. The van der Waals surface area contributed by atoms with Crippen LogP contribution in [0.15, 0.2) is 48.7 Å². The summed E-state index contributed by atoms with van der Waals surface area (Å²) in [6, 6.07) is 14.0. The molecular formula is C21H26N4O2. The second-order valence-corrected chi connectivity index (χ2v) is 7.54. The lowest BCUT2D eigenvalue weighted by atomic mass is 9.87. The number of rotatable bonds is 3. The van der Waals surface area contributed by atoms with Crippen LogP contribution in [0, 0.1) is 6.92 Å². The van der Waals surface area contributed by atoms with Crippen molar-refractivity contribution in [2.24, 2.45) is 0 Å². The minimum atomic E-state index is -0.118. The Kier molecular flexibility index (Phi) is 4.99. The smallest absolute Gasteiger partial charge is 0.321 e. The lowest BCUT2D eigenvalue weighted by Crippen LogP contribution is -2.48. The molecule has 27 heavy (non-hydrogen) atoms. The van der Waals surface area contributed by atoms with Crippen LogP contribution in [0.2, 0.25) is 0 Å². The van der Waals surface area contributed by atoms with Gasteiger partial charge in [0.15, 0.2) is 0 Å². The minimum Gasteiger partial charge on any atom is -0.373 e. The molecule has 2 fully saturated rings. The Morgan fingerprint density at radius 2 is 2.07 bits per heavy atom. The molecule has 142 valence electrons. The van der Waals surface area contributed by atoms with E-state index in [1.54, 1.807) is 6.20 Å². The van der Waals surface area contributed by atoms with E-state index >= 15 is 0 Å². The molecule has 1 aromatic carbocycles. The highest BCUT2D eigenvalue weighted by molar-refractivity contribution is 5.89. The van der Waals surface area contributed by atoms with Crippen LogP contribution < -0.4 is 10.6 Å². The number of nitrogens with zero attached hydrogens (tertiary/aromatic N) is 2. The molecule has 2 aliphatic heterocycles. The maximum Gasteiger partial charge on any atom is 0.321 e. The molecule has 2 amide bonds. The van der Waals surface area contributed by atoms with Crippen LogP contribution in [0.3, 0.4) is 0 Å². The van der Waals surface area contributed by atoms with Gasteiger partial charge in [-0.3, -0.25) is 0 Å². The van der Waals surface area contributed by atoms with E-state index in [2.05, 4.69) is 15.6 Å². The Balaban J connectivity index is 1.29. The van der Waals surface area contributed by atoms with Gasteiger partial charge in [-0.05, 0) is 56.0 Å². The van der Waals surface area contributed by atoms with Crippen LogP contribution in [0.1, 0.15) is 24.8 Å². The van der Waals surface area contributed by atoms with Gasteiger partial charge in [0.25, 0.3) is 0 Å². The second kappa shape index (κ2) is 7.56. The van der Waals surface area contributed by atoms with Crippen molar-refractivity contribution in [1.29, 1.82) is 0 Å². The summed E-state index contributed by atoms with van der Waals surface area (Å²) in [5.74, 6) is 0.887. The number of hydrogen-bond acceptors (Lipinski definition) is 4.